The highest BCUT2D eigenvalue weighted by Crippen LogP contribution is 2.38. The molecule has 0 radical (unpaired) electrons. The van der Waals surface area contributed by atoms with Crippen molar-refractivity contribution in [2.75, 3.05) is 0 Å². The second-order valence-electron chi connectivity index (χ2n) is 3.91. The van der Waals surface area contributed by atoms with Crippen molar-refractivity contribution in [1.29, 1.82) is 0 Å². The summed E-state index contributed by atoms with van der Waals surface area (Å²) in [5.41, 5.74) is 0.563. The lowest BCUT2D eigenvalue weighted by atomic mass is 9.97. The van der Waals surface area contributed by atoms with E-state index in [0.717, 1.165) is 31.4 Å². The molecule has 1 aliphatic rings. The largest absolute Gasteiger partial charge is 0.204 e. The Morgan fingerprint density at radius 2 is 1.67 bits per heavy atom. The standard InChI is InChI=1S/C11H10BrF3/c12-8-2-1-6(3-8)7-4-9(13)11(15)10(14)5-7/h4-6,8H,1-3H2. The first-order valence-corrected chi connectivity index (χ1v) is 5.78. The van der Waals surface area contributed by atoms with E-state index in [1.54, 1.807) is 0 Å². The molecule has 82 valence electrons. The molecule has 0 amide bonds. The molecule has 1 fully saturated rings. The quantitative estimate of drug-likeness (QED) is 0.535. The van der Waals surface area contributed by atoms with Crippen LogP contribution >= 0.6 is 15.9 Å². The van der Waals surface area contributed by atoms with Gasteiger partial charge in [-0.15, -0.1) is 0 Å². The molecule has 1 aromatic rings. The third-order valence-corrected chi connectivity index (χ3v) is 3.68. The predicted molar refractivity (Wildman–Crippen MR) is 55.6 cm³/mol. The topological polar surface area (TPSA) is 0 Å². The molecule has 1 saturated carbocycles. The van der Waals surface area contributed by atoms with E-state index in [2.05, 4.69) is 15.9 Å². The molecule has 0 heterocycles. The van der Waals surface area contributed by atoms with Gasteiger partial charge in [-0.3, -0.25) is 0 Å². The van der Waals surface area contributed by atoms with Gasteiger partial charge >= 0.3 is 0 Å². The maximum Gasteiger partial charge on any atom is 0.194 e. The van der Waals surface area contributed by atoms with Crippen molar-refractivity contribution >= 4 is 15.9 Å². The first kappa shape index (κ1) is 11.0. The van der Waals surface area contributed by atoms with Gasteiger partial charge in [-0.25, -0.2) is 13.2 Å². The van der Waals surface area contributed by atoms with Crippen molar-refractivity contribution < 1.29 is 13.2 Å². The second-order valence-corrected chi connectivity index (χ2v) is 5.20. The smallest absolute Gasteiger partial charge is 0.194 e. The van der Waals surface area contributed by atoms with Crippen LogP contribution in [0.2, 0.25) is 0 Å². The summed E-state index contributed by atoms with van der Waals surface area (Å²) in [7, 11) is 0. The SMILES string of the molecule is Fc1cc(C2CCC(Br)C2)cc(F)c1F. The van der Waals surface area contributed by atoms with Gasteiger partial charge in [0.15, 0.2) is 17.5 Å². The Balaban J connectivity index is 2.29. The van der Waals surface area contributed by atoms with E-state index >= 15 is 0 Å². The molecule has 2 atom stereocenters. The Morgan fingerprint density at radius 1 is 1.07 bits per heavy atom. The lowest BCUT2D eigenvalue weighted by Crippen LogP contribution is -1.99. The summed E-state index contributed by atoms with van der Waals surface area (Å²) in [6, 6.07) is 2.21. The number of benzene rings is 1. The molecule has 0 aromatic heterocycles. The van der Waals surface area contributed by atoms with Crippen LogP contribution in [0.4, 0.5) is 13.2 Å². The Morgan fingerprint density at radius 3 is 2.13 bits per heavy atom. The monoisotopic (exact) mass is 278 g/mol. The minimum Gasteiger partial charge on any atom is -0.204 e. The van der Waals surface area contributed by atoms with Crippen LogP contribution in [0.5, 0.6) is 0 Å². The van der Waals surface area contributed by atoms with Gasteiger partial charge < -0.3 is 0 Å². The van der Waals surface area contributed by atoms with Crippen molar-refractivity contribution in [2.24, 2.45) is 0 Å². The summed E-state index contributed by atoms with van der Waals surface area (Å²) in [5, 5.41) is 0. The van der Waals surface area contributed by atoms with E-state index in [1.807, 2.05) is 0 Å². The maximum atomic E-state index is 13.0. The van der Waals surface area contributed by atoms with Crippen molar-refractivity contribution in [2.45, 2.75) is 30.0 Å². The molecular formula is C11H10BrF3. The minimum atomic E-state index is -1.38. The zero-order chi connectivity index (χ0) is 11.0. The van der Waals surface area contributed by atoms with E-state index < -0.39 is 17.5 Å². The summed E-state index contributed by atoms with van der Waals surface area (Å²) in [6.07, 6.45) is 2.73. The molecule has 1 aromatic carbocycles. The minimum absolute atomic E-state index is 0.138. The van der Waals surface area contributed by atoms with Crippen LogP contribution in [0, 0.1) is 17.5 Å². The van der Waals surface area contributed by atoms with Crippen LogP contribution in [-0.2, 0) is 0 Å². The van der Waals surface area contributed by atoms with Gasteiger partial charge in [0.1, 0.15) is 0 Å². The summed E-state index contributed by atoms with van der Waals surface area (Å²) in [6.45, 7) is 0. The van der Waals surface area contributed by atoms with Crippen LogP contribution in [0.1, 0.15) is 30.7 Å². The normalized spacial score (nSPS) is 25.9. The molecule has 15 heavy (non-hydrogen) atoms. The fourth-order valence-corrected chi connectivity index (χ4v) is 2.76. The lowest BCUT2D eigenvalue weighted by molar-refractivity contribution is 0.443. The third kappa shape index (κ3) is 2.19. The van der Waals surface area contributed by atoms with Crippen molar-refractivity contribution in [3.8, 4) is 0 Å². The van der Waals surface area contributed by atoms with Gasteiger partial charge in [0.05, 0.1) is 0 Å². The van der Waals surface area contributed by atoms with Crippen molar-refractivity contribution in [3.63, 3.8) is 0 Å². The molecule has 0 aliphatic heterocycles. The lowest BCUT2D eigenvalue weighted by Gasteiger charge is -2.10. The highest BCUT2D eigenvalue weighted by atomic mass is 79.9. The Kier molecular flexibility index (Phi) is 3.05. The summed E-state index contributed by atoms with van der Waals surface area (Å²) in [4.78, 5) is 0.402. The molecule has 2 rings (SSSR count). The van der Waals surface area contributed by atoms with Crippen LogP contribution < -0.4 is 0 Å². The van der Waals surface area contributed by atoms with Gasteiger partial charge in [-0.05, 0) is 42.9 Å². The van der Waals surface area contributed by atoms with E-state index in [-0.39, 0.29) is 5.92 Å². The number of rotatable bonds is 1. The molecule has 0 saturated heterocycles. The molecule has 0 nitrogen and oxygen atoms in total. The molecule has 4 heteroatoms. The van der Waals surface area contributed by atoms with E-state index in [4.69, 9.17) is 0 Å². The van der Waals surface area contributed by atoms with Gasteiger partial charge in [-0.1, -0.05) is 15.9 Å². The molecule has 0 spiro atoms. The van der Waals surface area contributed by atoms with Gasteiger partial charge in [0.25, 0.3) is 0 Å². The van der Waals surface area contributed by atoms with Crippen LogP contribution in [0.15, 0.2) is 12.1 Å². The Labute approximate surface area is 94.6 Å². The molecule has 1 aliphatic carbocycles. The van der Waals surface area contributed by atoms with Gasteiger partial charge in [-0.2, -0.15) is 0 Å². The Hall–Kier alpha value is -0.510. The van der Waals surface area contributed by atoms with E-state index in [1.165, 1.54) is 0 Å². The van der Waals surface area contributed by atoms with E-state index in [0.29, 0.717) is 10.4 Å². The zero-order valence-electron chi connectivity index (χ0n) is 7.94. The summed E-state index contributed by atoms with van der Waals surface area (Å²) < 4.78 is 38.6. The predicted octanol–water partition coefficient (Wildman–Crippen LogP) is 4.13. The molecule has 0 bridgehead atoms. The van der Waals surface area contributed by atoms with Crippen LogP contribution in [0.3, 0.4) is 0 Å². The Bertz CT molecular complexity index is 355. The number of halogens is 4. The first-order valence-electron chi connectivity index (χ1n) is 4.86. The third-order valence-electron chi connectivity index (χ3n) is 2.85. The van der Waals surface area contributed by atoms with Gasteiger partial charge in [0, 0.05) is 4.83 Å². The highest BCUT2D eigenvalue weighted by Gasteiger charge is 2.25. The van der Waals surface area contributed by atoms with E-state index in [9.17, 15) is 13.2 Å². The average Bonchev–Trinajstić information content (AvgIpc) is 2.60. The first-order chi connectivity index (χ1) is 7.08. The van der Waals surface area contributed by atoms with Crippen molar-refractivity contribution in [3.05, 3.63) is 35.1 Å². The zero-order valence-corrected chi connectivity index (χ0v) is 9.53. The number of hydrogen-bond acceptors (Lipinski definition) is 0. The average molecular weight is 279 g/mol. The van der Waals surface area contributed by atoms with Gasteiger partial charge in [0.2, 0.25) is 0 Å². The molecular weight excluding hydrogens is 269 g/mol. The van der Waals surface area contributed by atoms with Crippen molar-refractivity contribution in [1.82, 2.24) is 0 Å². The second kappa shape index (κ2) is 4.16. The molecule has 0 N–H and O–H groups in total. The molecule has 2 unspecified atom stereocenters. The van der Waals surface area contributed by atoms with Crippen LogP contribution in [0.25, 0.3) is 0 Å². The fraction of sp³-hybridized carbons (Fsp3) is 0.455. The summed E-state index contributed by atoms with van der Waals surface area (Å²) >= 11 is 3.47. The highest BCUT2D eigenvalue weighted by molar-refractivity contribution is 9.09. The number of alkyl halides is 1. The maximum absolute atomic E-state index is 13.0. The number of hydrogen-bond donors (Lipinski definition) is 0. The van der Waals surface area contributed by atoms with Crippen LogP contribution in [-0.4, -0.2) is 4.83 Å². The summed E-state index contributed by atoms with van der Waals surface area (Å²) in [5.74, 6) is -3.43. The fourth-order valence-electron chi connectivity index (χ4n) is 2.04.